The monoisotopic (exact) mass is 289 g/mol. The molecule has 0 spiro atoms. The molecule has 112 valence electrons. The van der Waals surface area contributed by atoms with Crippen LogP contribution in [0.1, 0.15) is 29.8 Å². The number of aliphatic hydroxyl groups excluding tert-OH is 1. The molecule has 0 radical (unpaired) electrons. The zero-order chi connectivity index (χ0) is 15.4. The van der Waals surface area contributed by atoms with Crippen LogP contribution in [-0.2, 0) is 4.74 Å². The van der Waals surface area contributed by atoms with Crippen molar-refractivity contribution in [2.24, 2.45) is 0 Å². The lowest BCUT2D eigenvalue weighted by Gasteiger charge is -2.13. The number of H-pyrrole nitrogens is 1. The minimum absolute atomic E-state index is 0.320. The van der Waals surface area contributed by atoms with E-state index in [0.717, 1.165) is 16.5 Å². The third kappa shape index (κ3) is 3.31. The van der Waals surface area contributed by atoms with Crippen LogP contribution in [0.2, 0.25) is 0 Å². The molecule has 2 rings (SSSR count). The molecule has 2 aromatic rings. The minimum atomic E-state index is -0.510. The van der Waals surface area contributed by atoms with Gasteiger partial charge in [0.15, 0.2) is 6.20 Å². The summed E-state index contributed by atoms with van der Waals surface area (Å²) in [7, 11) is 0. The number of aromatic nitrogens is 1. The molecule has 1 aromatic heterocycles. The van der Waals surface area contributed by atoms with Gasteiger partial charge in [-0.2, -0.15) is 0 Å². The van der Waals surface area contributed by atoms with Crippen LogP contribution >= 0.6 is 0 Å². The van der Waals surface area contributed by atoms with Crippen LogP contribution in [0.4, 0.5) is 5.69 Å². The highest BCUT2D eigenvalue weighted by molar-refractivity contribution is 6.04. The van der Waals surface area contributed by atoms with E-state index in [2.05, 4.69) is 10.3 Å². The van der Waals surface area contributed by atoms with Crippen LogP contribution in [-0.4, -0.2) is 30.3 Å². The van der Waals surface area contributed by atoms with Crippen molar-refractivity contribution in [3.63, 3.8) is 0 Å². The van der Waals surface area contributed by atoms with Gasteiger partial charge in [0.25, 0.3) is 0 Å². The Labute approximate surface area is 124 Å². The number of carbonyl (C=O) groups excluding carboxylic acids is 1. The number of aromatic amines is 1. The maximum atomic E-state index is 12.1. The van der Waals surface area contributed by atoms with Crippen LogP contribution in [0.5, 0.6) is 0 Å². The number of carbonyl (C=O) groups is 1. The Morgan fingerprint density at radius 3 is 2.90 bits per heavy atom. The van der Waals surface area contributed by atoms with Gasteiger partial charge in [0.1, 0.15) is 5.56 Å². The summed E-state index contributed by atoms with van der Waals surface area (Å²) in [6.07, 6.45) is 1.14. The molecule has 1 aromatic carbocycles. The predicted octanol–water partition coefficient (Wildman–Crippen LogP) is 1.93. The Kier molecular flexibility index (Phi) is 4.75. The van der Waals surface area contributed by atoms with Crippen molar-refractivity contribution in [1.82, 2.24) is 0 Å². The fraction of sp³-hybridized carbons (Fsp3) is 0.375. The Balaban J connectivity index is 2.56. The van der Waals surface area contributed by atoms with E-state index in [1.54, 1.807) is 20.0 Å². The Bertz CT molecular complexity index is 653. The summed E-state index contributed by atoms with van der Waals surface area (Å²) in [5.74, 6) is -0.384. The molecule has 5 heteroatoms. The first-order valence-electron chi connectivity index (χ1n) is 7.07. The number of ether oxygens (including phenoxy) is 1. The van der Waals surface area contributed by atoms with Gasteiger partial charge in [-0.05, 0) is 26.8 Å². The van der Waals surface area contributed by atoms with E-state index in [4.69, 9.17) is 4.74 Å². The lowest BCUT2D eigenvalue weighted by molar-refractivity contribution is -0.345. The van der Waals surface area contributed by atoms with Gasteiger partial charge in [-0.3, -0.25) is 0 Å². The maximum absolute atomic E-state index is 12.1. The number of anilines is 1. The first-order chi connectivity index (χ1) is 10.0. The quantitative estimate of drug-likeness (QED) is 0.825. The van der Waals surface area contributed by atoms with Crippen molar-refractivity contribution in [2.75, 3.05) is 18.5 Å². The second kappa shape index (κ2) is 6.54. The molecule has 5 nitrogen and oxygen atoms in total. The molecule has 0 saturated heterocycles. The molecule has 1 heterocycles. The third-order valence-electron chi connectivity index (χ3n) is 3.24. The minimum Gasteiger partial charge on any atom is -0.462 e. The van der Waals surface area contributed by atoms with Gasteiger partial charge in [0.05, 0.1) is 23.8 Å². The fourth-order valence-electron chi connectivity index (χ4n) is 2.24. The number of nitrogens with one attached hydrogen (secondary N) is 2. The SMILES string of the molecule is CCOC(=O)c1c[nH+]c2c(C)cccc2c1NC[C@@H](C)O. The molecule has 0 aliphatic rings. The molecule has 0 fully saturated rings. The molecule has 0 amide bonds. The van der Waals surface area contributed by atoms with Crippen LogP contribution in [0.3, 0.4) is 0 Å². The average molecular weight is 289 g/mol. The van der Waals surface area contributed by atoms with Gasteiger partial charge in [-0.15, -0.1) is 0 Å². The molecule has 0 bridgehead atoms. The second-order valence-electron chi connectivity index (χ2n) is 5.03. The molecule has 0 aliphatic heterocycles. The zero-order valence-electron chi connectivity index (χ0n) is 12.6. The number of aliphatic hydroxyl groups is 1. The number of esters is 1. The smallest absolute Gasteiger partial charge is 0.346 e. The molecule has 0 saturated carbocycles. The maximum Gasteiger partial charge on any atom is 0.346 e. The van der Waals surface area contributed by atoms with Gasteiger partial charge >= 0.3 is 5.97 Å². The molecular formula is C16H21N2O3+. The van der Waals surface area contributed by atoms with E-state index < -0.39 is 6.10 Å². The largest absolute Gasteiger partial charge is 0.462 e. The predicted molar refractivity (Wildman–Crippen MR) is 81.4 cm³/mol. The molecule has 1 atom stereocenters. The number of fused-ring (bicyclic) bond motifs is 1. The first-order valence-corrected chi connectivity index (χ1v) is 7.07. The average Bonchev–Trinajstić information content (AvgIpc) is 2.45. The van der Waals surface area contributed by atoms with E-state index in [1.807, 2.05) is 25.1 Å². The van der Waals surface area contributed by atoms with Crippen molar-refractivity contribution in [1.29, 1.82) is 0 Å². The summed E-state index contributed by atoms with van der Waals surface area (Å²) < 4.78 is 5.09. The number of pyridine rings is 1. The molecule has 0 unspecified atom stereocenters. The fourth-order valence-corrected chi connectivity index (χ4v) is 2.24. The van der Waals surface area contributed by atoms with Crippen LogP contribution in [0, 0.1) is 6.92 Å². The van der Waals surface area contributed by atoms with E-state index in [1.165, 1.54) is 0 Å². The van der Waals surface area contributed by atoms with Gasteiger partial charge < -0.3 is 15.2 Å². The van der Waals surface area contributed by atoms with E-state index in [9.17, 15) is 9.90 Å². The van der Waals surface area contributed by atoms with Gasteiger partial charge in [-0.1, -0.05) is 12.1 Å². The third-order valence-corrected chi connectivity index (χ3v) is 3.24. The van der Waals surface area contributed by atoms with E-state index in [-0.39, 0.29) is 5.97 Å². The van der Waals surface area contributed by atoms with Crippen molar-refractivity contribution in [2.45, 2.75) is 26.9 Å². The van der Waals surface area contributed by atoms with Gasteiger partial charge in [0.2, 0.25) is 5.52 Å². The highest BCUT2D eigenvalue weighted by Gasteiger charge is 2.21. The summed E-state index contributed by atoms with van der Waals surface area (Å²) in [4.78, 5) is 15.2. The first kappa shape index (κ1) is 15.3. The Morgan fingerprint density at radius 1 is 1.48 bits per heavy atom. The van der Waals surface area contributed by atoms with Crippen molar-refractivity contribution >= 4 is 22.6 Å². The number of hydrogen-bond donors (Lipinski definition) is 2. The van der Waals surface area contributed by atoms with Crippen LogP contribution in [0.15, 0.2) is 24.4 Å². The van der Waals surface area contributed by atoms with Crippen molar-refractivity contribution in [3.8, 4) is 0 Å². The summed E-state index contributed by atoms with van der Waals surface area (Å²) in [6.45, 7) is 6.15. The van der Waals surface area contributed by atoms with Crippen LogP contribution in [0.25, 0.3) is 10.9 Å². The highest BCUT2D eigenvalue weighted by atomic mass is 16.5. The lowest BCUT2D eigenvalue weighted by atomic mass is 10.1. The summed E-state index contributed by atoms with van der Waals surface area (Å²) in [5, 5.41) is 13.5. The summed E-state index contributed by atoms with van der Waals surface area (Å²) in [6, 6.07) is 5.88. The number of aryl methyl sites for hydroxylation is 1. The van der Waals surface area contributed by atoms with Gasteiger partial charge in [0, 0.05) is 12.1 Å². The van der Waals surface area contributed by atoms with Crippen LogP contribution < -0.4 is 10.3 Å². The molecule has 21 heavy (non-hydrogen) atoms. The molecule has 0 aliphatic carbocycles. The Morgan fingerprint density at radius 2 is 2.24 bits per heavy atom. The lowest BCUT2D eigenvalue weighted by Crippen LogP contribution is -2.21. The summed E-state index contributed by atoms with van der Waals surface area (Å²) in [5.41, 5.74) is 3.17. The van der Waals surface area contributed by atoms with Crippen molar-refractivity contribution in [3.05, 3.63) is 35.5 Å². The molecule has 3 N–H and O–H groups in total. The second-order valence-corrected chi connectivity index (χ2v) is 5.03. The Hall–Kier alpha value is -2.14. The topological polar surface area (TPSA) is 72.7 Å². The van der Waals surface area contributed by atoms with Crippen molar-refractivity contribution < 1.29 is 19.6 Å². The number of rotatable bonds is 5. The zero-order valence-corrected chi connectivity index (χ0v) is 12.6. The molecular weight excluding hydrogens is 268 g/mol. The number of hydrogen-bond acceptors (Lipinski definition) is 4. The number of para-hydroxylation sites is 1. The highest BCUT2D eigenvalue weighted by Crippen LogP contribution is 2.26. The summed E-state index contributed by atoms with van der Waals surface area (Å²) >= 11 is 0. The van der Waals surface area contributed by atoms with E-state index in [0.29, 0.717) is 24.4 Å². The standard InChI is InChI=1S/C16H20N2O3/c1-4-21-16(20)13-9-18-14-10(2)6-5-7-12(14)15(13)17-8-11(3)19/h5-7,9,11,19H,4,8H2,1-3H3,(H,17,18)/p+1/t11-/m1/s1. The van der Waals surface area contributed by atoms with Gasteiger partial charge in [-0.25, -0.2) is 9.78 Å². The normalized spacial score (nSPS) is 12.2. The number of benzene rings is 1. The van der Waals surface area contributed by atoms with E-state index >= 15 is 0 Å².